The lowest BCUT2D eigenvalue weighted by Gasteiger charge is -2.13. The molecule has 2 aromatic rings. The van der Waals surface area contributed by atoms with Crippen LogP contribution in [0.2, 0.25) is 0 Å². The molecule has 1 amide bonds. The van der Waals surface area contributed by atoms with Crippen LogP contribution in [0.4, 0.5) is 20.2 Å². The predicted octanol–water partition coefficient (Wildman–Crippen LogP) is 3.47. The molecule has 0 radical (unpaired) electrons. The summed E-state index contributed by atoms with van der Waals surface area (Å²) in [5.74, 6) is -0.727. The highest BCUT2D eigenvalue weighted by atomic mass is 19.3. The van der Waals surface area contributed by atoms with Crippen LogP contribution in [0.3, 0.4) is 0 Å². The van der Waals surface area contributed by atoms with E-state index in [1.54, 1.807) is 0 Å². The smallest absolute Gasteiger partial charge is 0.387 e. The summed E-state index contributed by atoms with van der Waals surface area (Å²) in [6, 6.07) is 7.32. The van der Waals surface area contributed by atoms with Crippen LogP contribution in [-0.2, 0) is 0 Å². The standard InChI is InChI=1S/C16H14F2N2O6/c1-24-12-6-4-10(20(22)23)8-11(12)19-15(21)9-3-5-13(26-16(17)18)14(7-9)25-2/h3-8,16H,1-2H3,(H,19,21). The zero-order valence-corrected chi connectivity index (χ0v) is 13.7. The summed E-state index contributed by atoms with van der Waals surface area (Å²) >= 11 is 0. The van der Waals surface area contributed by atoms with E-state index in [4.69, 9.17) is 9.47 Å². The third-order valence-corrected chi connectivity index (χ3v) is 3.28. The minimum atomic E-state index is -3.04. The lowest BCUT2D eigenvalue weighted by atomic mass is 10.1. The van der Waals surface area contributed by atoms with E-state index in [-0.39, 0.29) is 34.2 Å². The fourth-order valence-corrected chi connectivity index (χ4v) is 2.10. The maximum Gasteiger partial charge on any atom is 0.387 e. The number of nitro groups is 1. The normalized spacial score (nSPS) is 10.3. The van der Waals surface area contributed by atoms with Crippen LogP contribution < -0.4 is 19.5 Å². The largest absolute Gasteiger partial charge is 0.495 e. The molecule has 0 saturated heterocycles. The Morgan fingerprint density at radius 1 is 1.08 bits per heavy atom. The van der Waals surface area contributed by atoms with Crippen LogP contribution in [0.15, 0.2) is 36.4 Å². The minimum Gasteiger partial charge on any atom is -0.495 e. The number of carbonyl (C=O) groups is 1. The van der Waals surface area contributed by atoms with Crippen LogP contribution in [0, 0.1) is 10.1 Å². The van der Waals surface area contributed by atoms with E-state index in [0.29, 0.717) is 0 Å². The van der Waals surface area contributed by atoms with Gasteiger partial charge in [0, 0.05) is 17.7 Å². The quantitative estimate of drug-likeness (QED) is 0.593. The highest BCUT2D eigenvalue weighted by Gasteiger charge is 2.17. The second kappa shape index (κ2) is 8.10. The van der Waals surface area contributed by atoms with Gasteiger partial charge in [-0.2, -0.15) is 8.78 Å². The number of nitro benzene ring substituents is 1. The molecular formula is C16H14F2N2O6. The van der Waals surface area contributed by atoms with Gasteiger partial charge in [0.2, 0.25) is 0 Å². The highest BCUT2D eigenvalue weighted by Crippen LogP contribution is 2.32. The van der Waals surface area contributed by atoms with Crippen molar-refractivity contribution >= 4 is 17.3 Å². The molecule has 2 rings (SSSR count). The highest BCUT2D eigenvalue weighted by molar-refractivity contribution is 6.05. The average Bonchev–Trinajstić information content (AvgIpc) is 2.61. The fraction of sp³-hybridized carbons (Fsp3) is 0.188. The number of benzene rings is 2. The Morgan fingerprint density at radius 2 is 1.73 bits per heavy atom. The minimum absolute atomic E-state index is 0.0658. The van der Waals surface area contributed by atoms with Gasteiger partial charge in [-0.15, -0.1) is 0 Å². The van der Waals surface area contributed by atoms with Gasteiger partial charge in [0.05, 0.1) is 24.8 Å². The molecule has 26 heavy (non-hydrogen) atoms. The maximum atomic E-state index is 12.4. The number of ether oxygens (including phenoxy) is 3. The molecule has 0 saturated carbocycles. The fourth-order valence-electron chi connectivity index (χ4n) is 2.10. The molecule has 1 N–H and O–H groups in total. The van der Waals surface area contributed by atoms with E-state index in [9.17, 15) is 23.7 Å². The van der Waals surface area contributed by atoms with Gasteiger partial charge in [-0.1, -0.05) is 0 Å². The monoisotopic (exact) mass is 368 g/mol. The average molecular weight is 368 g/mol. The second-order valence-corrected chi connectivity index (χ2v) is 4.84. The maximum absolute atomic E-state index is 12.4. The SMILES string of the molecule is COc1ccc([N+](=O)[O-])cc1NC(=O)c1ccc(OC(F)F)c(OC)c1. The van der Waals surface area contributed by atoms with Gasteiger partial charge in [-0.05, 0) is 24.3 Å². The van der Waals surface area contributed by atoms with Crippen molar-refractivity contribution in [1.82, 2.24) is 0 Å². The van der Waals surface area contributed by atoms with Crippen LogP contribution in [0.1, 0.15) is 10.4 Å². The summed E-state index contributed by atoms with van der Waals surface area (Å²) in [5, 5.41) is 13.3. The molecule has 0 fully saturated rings. The molecule has 0 bridgehead atoms. The van der Waals surface area contributed by atoms with Gasteiger partial charge >= 0.3 is 6.61 Å². The van der Waals surface area contributed by atoms with Crippen LogP contribution >= 0.6 is 0 Å². The van der Waals surface area contributed by atoms with Crippen LogP contribution in [-0.4, -0.2) is 31.7 Å². The Bertz CT molecular complexity index is 828. The summed E-state index contributed by atoms with van der Waals surface area (Å²) in [4.78, 5) is 22.6. The second-order valence-electron chi connectivity index (χ2n) is 4.84. The molecule has 0 aliphatic carbocycles. The van der Waals surface area contributed by atoms with Crippen molar-refractivity contribution in [2.45, 2.75) is 6.61 Å². The van der Waals surface area contributed by atoms with Crippen LogP contribution in [0.5, 0.6) is 17.2 Å². The van der Waals surface area contributed by atoms with E-state index in [0.717, 1.165) is 12.1 Å². The summed E-state index contributed by atoms with van der Waals surface area (Å²) in [6.45, 7) is -3.04. The van der Waals surface area contributed by atoms with E-state index in [1.807, 2.05) is 0 Å². The third kappa shape index (κ3) is 4.35. The summed E-state index contributed by atoms with van der Waals surface area (Å²) in [5.41, 5.74) is -0.0880. The van der Waals surface area contributed by atoms with Crippen molar-refractivity contribution in [1.29, 1.82) is 0 Å². The van der Waals surface area contributed by atoms with Crippen molar-refractivity contribution in [2.75, 3.05) is 19.5 Å². The van der Waals surface area contributed by atoms with Gasteiger partial charge in [0.1, 0.15) is 5.75 Å². The molecule has 0 aliphatic rings. The Kier molecular flexibility index (Phi) is 5.89. The first-order chi connectivity index (χ1) is 12.3. The van der Waals surface area contributed by atoms with Crippen LogP contribution in [0.25, 0.3) is 0 Å². The number of rotatable bonds is 7. The van der Waals surface area contributed by atoms with Crippen molar-refractivity contribution in [3.63, 3.8) is 0 Å². The topological polar surface area (TPSA) is 99.9 Å². The van der Waals surface area contributed by atoms with Crippen molar-refractivity contribution in [3.05, 3.63) is 52.1 Å². The number of hydrogen-bond donors (Lipinski definition) is 1. The van der Waals surface area contributed by atoms with Crippen molar-refractivity contribution in [3.8, 4) is 17.2 Å². The number of amides is 1. The van der Waals surface area contributed by atoms with E-state index in [1.165, 1.54) is 38.5 Å². The molecule has 2 aromatic carbocycles. The zero-order valence-electron chi connectivity index (χ0n) is 13.7. The molecule has 0 spiro atoms. The van der Waals surface area contributed by atoms with E-state index in [2.05, 4.69) is 10.1 Å². The van der Waals surface area contributed by atoms with Crippen molar-refractivity contribution in [2.24, 2.45) is 0 Å². The van der Waals surface area contributed by atoms with Crippen molar-refractivity contribution < 1.29 is 32.7 Å². The molecule has 0 heterocycles. The predicted molar refractivity (Wildman–Crippen MR) is 87.2 cm³/mol. The number of carbonyl (C=O) groups excluding carboxylic acids is 1. The van der Waals surface area contributed by atoms with E-state index >= 15 is 0 Å². The Hall–Kier alpha value is -3.43. The molecule has 0 unspecified atom stereocenters. The Balaban J connectivity index is 2.30. The summed E-state index contributed by atoms with van der Waals surface area (Å²) in [6.07, 6.45) is 0. The lowest BCUT2D eigenvalue weighted by molar-refractivity contribution is -0.384. The third-order valence-electron chi connectivity index (χ3n) is 3.28. The number of nitrogens with zero attached hydrogens (tertiary/aromatic N) is 1. The molecule has 8 nitrogen and oxygen atoms in total. The Labute approximate surface area is 146 Å². The first-order valence-electron chi connectivity index (χ1n) is 7.12. The summed E-state index contributed by atoms with van der Waals surface area (Å²) < 4.78 is 39.0. The lowest BCUT2D eigenvalue weighted by Crippen LogP contribution is -2.13. The number of hydrogen-bond acceptors (Lipinski definition) is 6. The molecule has 0 aromatic heterocycles. The first-order valence-corrected chi connectivity index (χ1v) is 7.12. The number of methoxy groups -OCH3 is 2. The van der Waals surface area contributed by atoms with Gasteiger partial charge in [-0.3, -0.25) is 14.9 Å². The number of non-ortho nitro benzene ring substituents is 1. The first kappa shape index (κ1) is 18.9. The number of nitrogens with one attached hydrogen (secondary N) is 1. The number of alkyl halides is 2. The zero-order chi connectivity index (χ0) is 19.3. The molecule has 138 valence electrons. The molecule has 10 heteroatoms. The number of anilines is 1. The molecule has 0 aliphatic heterocycles. The summed E-state index contributed by atoms with van der Waals surface area (Å²) in [7, 11) is 2.58. The van der Waals surface area contributed by atoms with E-state index < -0.39 is 17.4 Å². The van der Waals surface area contributed by atoms with Gasteiger partial charge < -0.3 is 19.5 Å². The molecular weight excluding hydrogens is 354 g/mol. The van der Waals surface area contributed by atoms with Gasteiger partial charge in [0.15, 0.2) is 11.5 Å². The van der Waals surface area contributed by atoms with Gasteiger partial charge in [0.25, 0.3) is 11.6 Å². The Morgan fingerprint density at radius 3 is 2.31 bits per heavy atom. The molecule has 0 atom stereocenters. The van der Waals surface area contributed by atoms with Gasteiger partial charge in [-0.25, -0.2) is 0 Å². The number of halogens is 2.